The van der Waals surface area contributed by atoms with E-state index in [0.717, 1.165) is 5.56 Å². The number of anilines is 2. The van der Waals surface area contributed by atoms with Gasteiger partial charge in [-0.3, -0.25) is 0 Å². The van der Waals surface area contributed by atoms with E-state index in [-0.39, 0.29) is 11.4 Å². The van der Waals surface area contributed by atoms with Gasteiger partial charge in [0.1, 0.15) is 5.82 Å². The minimum atomic E-state index is -1.02. The van der Waals surface area contributed by atoms with Crippen LogP contribution >= 0.6 is 0 Å². The zero-order valence-electron chi connectivity index (χ0n) is 9.77. The maximum Gasteiger partial charge on any atom is 0.337 e. The molecule has 0 fully saturated rings. The second-order valence-electron chi connectivity index (χ2n) is 3.93. The average Bonchev–Trinajstić information content (AvgIpc) is 2.34. The Hall–Kier alpha value is -2.36. The molecule has 2 N–H and O–H groups in total. The average molecular weight is 245 g/mol. The van der Waals surface area contributed by atoms with Crippen molar-refractivity contribution in [2.45, 2.75) is 6.92 Å². The van der Waals surface area contributed by atoms with Crippen LogP contribution in [0, 0.1) is 12.7 Å². The van der Waals surface area contributed by atoms with Crippen LogP contribution in [0.15, 0.2) is 42.5 Å². The van der Waals surface area contributed by atoms with E-state index in [1.54, 1.807) is 24.3 Å². The number of para-hydroxylation sites is 1. The van der Waals surface area contributed by atoms with Gasteiger partial charge in [0.25, 0.3) is 0 Å². The Bertz CT molecular complexity index is 596. The van der Waals surface area contributed by atoms with Gasteiger partial charge in [-0.05, 0) is 36.8 Å². The molecular weight excluding hydrogens is 233 g/mol. The second kappa shape index (κ2) is 4.87. The monoisotopic (exact) mass is 245 g/mol. The van der Waals surface area contributed by atoms with Crippen LogP contribution in [0.25, 0.3) is 0 Å². The molecule has 92 valence electrons. The lowest BCUT2D eigenvalue weighted by Crippen LogP contribution is -2.03. The third-order valence-corrected chi connectivity index (χ3v) is 2.63. The number of halogens is 1. The Kier molecular flexibility index (Phi) is 3.28. The summed E-state index contributed by atoms with van der Waals surface area (Å²) in [6.07, 6.45) is 0. The molecule has 0 saturated carbocycles. The van der Waals surface area contributed by atoms with E-state index in [1.807, 2.05) is 6.92 Å². The molecule has 2 aromatic carbocycles. The fraction of sp³-hybridized carbons (Fsp3) is 0.0714. The number of aromatic carboxylic acids is 1. The third-order valence-electron chi connectivity index (χ3n) is 2.63. The summed E-state index contributed by atoms with van der Waals surface area (Å²) in [5.74, 6) is -1.39. The molecule has 0 amide bonds. The first-order valence-corrected chi connectivity index (χ1v) is 5.43. The number of nitrogens with one attached hydrogen (secondary N) is 1. The van der Waals surface area contributed by atoms with Crippen molar-refractivity contribution in [1.29, 1.82) is 0 Å². The lowest BCUT2D eigenvalue weighted by atomic mass is 10.1. The van der Waals surface area contributed by atoms with Gasteiger partial charge in [-0.2, -0.15) is 0 Å². The van der Waals surface area contributed by atoms with Crippen molar-refractivity contribution < 1.29 is 14.3 Å². The molecule has 0 heterocycles. The molecule has 0 aliphatic rings. The number of carboxylic acid groups (broad SMARTS) is 1. The van der Waals surface area contributed by atoms with Crippen LogP contribution in [0.2, 0.25) is 0 Å². The summed E-state index contributed by atoms with van der Waals surface area (Å²) >= 11 is 0. The lowest BCUT2D eigenvalue weighted by Gasteiger charge is -2.11. The zero-order valence-corrected chi connectivity index (χ0v) is 9.77. The second-order valence-corrected chi connectivity index (χ2v) is 3.93. The molecule has 0 aliphatic carbocycles. The SMILES string of the molecule is Cc1ccc(F)cc1Nc1ccccc1C(=O)O. The van der Waals surface area contributed by atoms with Gasteiger partial charge < -0.3 is 10.4 Å². The van der Waals surface area contributed by atoms with E-state index < -0.39 is 5.97 Å². The molecule has 2 rings (SSSR count). The predicted octanol–water partition coefficient (Wildman–Crippen LogP) is 3.58. The molecule has 2 aromatic rings. The van der Waals surface area contributed by atoms with Crippen molar-refractivity contribution in [3.8, 4) is 0 Å². The Morgan fingerprint density at radius 1 is 1.17 bits per heavy atom. The Balaban J connectivity index is 2.40. The largest absolute Gasteiger partial charge is 0.478 e. The van der Waals surface area contributed by atoms with Crippen LogP contribution in [0.1, 0.15) is 15.9 Å². The van der Waals surface area contributed by atoms with Gasteiger partial charge in [-0.25, -0.2) is 9.18 Å². The Morgan fingerprint density at radius 2 is 1.89 bits per heavy atom. The molecule has 18 heavy (non-hydrogen) atoms. The molecule has 0 saturated heterocycles. The van der Waals surface area contributed by atoms with Crippen LogP contribution in [-0.2, 0) is 0 Å². The van der Waals surface area contributed by atoms with Crippen LogP contribution in [0.5, 0.6) is 0 Å². The number of hydrogen-bond acceptors (Lipinski definition) is 2. The molecule has 0 atom stereocenters. The number of rotatable bonds is 3. The molecule has 0 aliphatic heterocycles. The van der Waals surface area contributed by atoms with Crippen molar-refractivity contribution in [1.82, 2.24) is 0 Å². The molecular formula is C14H12FNO2. The maximum atomic E-state index is 13.2. The first-order valence-electron chi connectivity index (χ1n) is 5.43. The number of carbonyl (C=O) groups is 1. The number of benzene rings is 2. The van der Waals surface area contributed by atoms with Gasteiger partial charge in [-0.1, -0.05) is 18.2 Å². The van der Waals surface area contributed by atoms with Gasteiger partial charge in [0.2, 0.25) is 0 Å². The summed E-state index contributed by atoms with van der Waals surface area (Å²) in [6.45, 7) is 1.82. The molecule has 0 bridgehead atoms. The normalized spacial score (nSPS) is 10.1. The van der Waals surface area contributed by atoms with E-state index in [0.29, 0.717) is 11.4 Å². The van der Waals surface area contributed by atoms with Gasteiger partial charge in [0.05, 0.1) is 11.3 Å². The zero-order chi connectivity index (χ0) is 13.1. The molecule has 3 nitrogen and oxygen atoms in total. The van der Waals surface area contributed by atoms with E-state index in [9.17, 15) is 9.18 Å². The Labute approximate surface area is 104 Å². The highest BCUT2D eigenvalue weighted by Gasteiger charge is 2.10. The molecule has 0 unspecified atom stereocenters. The van der Waals surface area contributed by atoms with Crippen LogP contribution < -0.4 is 5.32 Å². The summed E-state index contributed by atoms with van der Waals surface area (Å²) in [7, 11) is 0. The van der Waals surface area contributed by atoms with Crippen LogP contribution in [0.3, 0.4) is 0 Å². The van der Waals surface area contributed by atoms with Gasteiger partial charge in [0, 0.05) is 5.69 Å². The quantitative estimate of drug-likeness (QED) is 0.869. The molecule has 0 radical (unpaired) electrons. The standard InChI is InChI=1S/C14H12FNO2/c1-9-6-7-10(15)8-13(9)16-12-5-3-2-4-11(12)14(17)18/h2-8,16H,1H3,(H,17,18). The lowest BCUT2D eigenvalue weighted by molar-refractivity contribution is 0.0698. The molecule has 0 spiro atoms. The van der Waals surface area contributed by atoms with Crippen molar-refractivity contribution in [3.63, 3.8) is 0 Å². The van der Waals surface area contributed by atoms with Crippen molar-refractivity contribution in [2.75, 3.05) is 5.32 Å². The van der Waals surface area contributed by atoms with E-state index >= 15 is 0 Å². The fourth-order valence-electron chi connectivity index (χ4n) is 1.65. The van der Waals surface area contributed by atoms with E-state index in [1.165, 1.54) is 18.2 Å². The topological polar surface area (TPSA) is 49.3 Å². The number of aryl methyl sites for hydroxylation is 1. The van der Waals surface area contributed by atoms with Crippen molar-refractivity contribution >= 4 is 17.3 Å². The number of carboxylic acids is 1. The summed E-state index contributed by atoms with van der Waals surface area (Å²) in [6, 6.07) is 10.9. The summed E-state index contributed by atoms with van der Waals surface area (Å²) in [5.41, 5.74) is 2.00. The minimum Gasteiger partial charge on any atom is -0.478 e. The summed E-state index contributed by atoms with van der Waals surface area (Å²) in [5, 5.41) is 12.0. The van der Waals surface area contributed by atoms with E-state index in [4.69, 9.17) is 5.11 Å². The smallest absolute Gasteiger partial charge is 0.337 e. The summed E-state index contributed by atoms with van der Waals surface area (Å²) in [4.78, 5) is 11.0. The highest BCUT2D eigenvalue weighted by molar-refractivity contribution is 5.95. The maximum absolute atomic E-state index is 13.2. The highest BCUT2D eigenvalue weighted by atomic mass is 19.1. The third kappa shape index (κ3) is 2.48. The minimum absolute atomic E-state index is 0.154. The van der Waals surface area contributed by atoms with Crippen molar-refractivity contribution in [2.24, 2.45) is 0 Å². The Morgan fingerprint density at radius 3 is 2.61 bits per heavy atom. The summed E-state index contributed by atoms with van der Waals surface area (Å²) < 4.78 is 13.2. The highest BCUT2D eigenvalue weighted by Crippen LogP contribution is 2.24. The molecule has 4 heteroatoms. The number of hydrogen-bond donors (Lipinski definition) is 2. The van der Waals surface area contributed by atoms with Gasteiger partial charge in [-0.15, -0.1) is 0 Å². The first-order chi connectivity index (χ1) is 8.58. The van der Waals surface area contributed by atoms with E-state index in [2.05, 4.69) is 5.32 Å². The fourth-order valence-corrected chi connectivity index (χ4v) is 1.65. The van der Waals surface area contributed by atoms with Gasteiger partial charge in [0.15, 0.2) is 0 Å². The van der Waals surface area contributed by atoms with Crippen molar-refractivity contribution in [3.05, 3.63) is 59.4 Å². The van der Waals surface area contributed by atoms with Crippen LogP contribution in [0.4, 0.5) is 15.8 Å². The first kappa shape index (κ1) is 12.1. The molecule has 0 aromatic heterocycles. The van der Waals surface area contributed by atoms with Crippen LogP contribution in [-0.4, -0.2) is 11.1 Å². The van der Waals surface area contributed by atoms with Gasteiger partial charge >= 0.3 is 5.97 Å². The predicted molar refractivity (Wildman–Crippen MR) is 67.8 cm³/mol.